The summed E-state index contributed by atoms with van der Waals surface area (Å²) in [5.74, 6) is 0. The zero-order valence-corrected chi connectivity index (χ0v) is 14.7. The van der Waals surface area contributed by atoms with E-state index in [1.165, 1.54) is 0 Å². The molecule has 0 rings (SSSR count). The highest BCUT2D eigenvalue weighted by Crippen LogP contribution is 2.22. The average Bonchev–Trinajstić information content (AvgIpc) is 1.98. The van der Waals surface area contributed by atoms with Crippen molar-refractivity contribution in [2.75, 3.05) is 13.1 Å². The van der Waals surface area contributed by atoms with E-state index in [-0.39, 0.29) is 0 Å². The van der Waals surface area contributed by atoms with Gasteiger partial charge in [0.25, 0.3) is 0 Å². The molecule has 0 radical (unpaired) electrons. The van der Waals surface area contributed by atoms with Crippen LogP contribution in [0.5, 0.6) is 0 Å². The lowest BCUT2D eigenvalue weighted by Crippen LogP contribution is -2.46. The van der Waals surface area contributed by atoms with Crippen molar-refractivity contribution in [2.24, 2.45) is 0 Å². The molecule has 0 atom stereocenters. The van der Waals surface area contributed by atoms with E-state index < -0.39 is 15.5 Å². The van der Waals surface area contributed by atoms with Crippen LogP contribution in [0.25, 0.3) is 0 Å². The number of nitrogens with zero attached hydrogens (tertiary/aromatic N) is 1. The summed E-state index contributed by atoms with van der Waals surface area (Å²) >= 11 is 1.61. The number of carbonyl (C=O) groups excluding carboxylic acids is 1. The zero-order chi connectivity index (χ0) is 13.0. The Morgan fingerprint density at radius 3 is 1.94 bits per heavy atom. The van der Waals surface area contributed by atoms with Crippen molar-refractivity contribution in [3.63, 3.8) is 0 Å². The fourth-order valence-corrected chi connectivity index (χ4v) is 6.55. The first-order valence-corrected chi connectivity index (χ1v) is 14.5. The minimum atomic E-state index is -1.29. The molecule has 5 heteroatoms. The van der Waals surface area contributed by atoms with Crippen LogP contribution < -0.4 is 0 Å². The first kappa shape index (κ1) is 16.4. The van der Waals surface area contributed by atoms with Crippen molar-refractivity contribution in [3.8, 4) is 0 Å². The van der Waals surface area contributed by atoms with Crippen LogP contribution in [0.2, 0.25) is 39.3 Å². The summed E-state index contributed by atoms with van der Waals surface area (Å²) in [5, 5.41) is 0.385. The van der Waals surface area contributed by atoms with E-state index in [1.807, 2.05) is 0 Å². The normalized spacial score (nSPS) is 13.2. The van der Waals surface area contributed by atoms with Crippen LogP contribution in [0.15, 0.2) is 0 Å². The molecule has 0 aromatic heterocycles. The Morgan fingerprint density at radius 2 is 1.62 bits per heavy atom. The quantitative estimate of drug-likeness (QED) is 0.692. The van der Waals surface area contributed by atoms with E-state index >= 15 is 0 Å². The molecule has 0 aliphatic heterocycles. The third-order valence-corrected chi connectivity index (χ3v) is 8.34. The molecule has 0 aromatic carbocycles. The SMILES string of the molecule is CCN(CCC(=O)S[Si](C)(C)C)[Si](C)(C)C. The molecule has 0 saturated carbocycles. The highest BCUT2D eigenvalue weighted by Gasteiger charge is 2.24. The molecule has 0 N–H and O–H groups in total. The van der Waals surface area contributed by atoms with Crippen LogP contribution in [-0.2, 0) is 4.79 Å². The first-order valence-electron chi connectivity index (χ1n) is 6.03. The van der Waals surface area contributed by atoms with E-state index in [4.69, 9.17) is 0 Å². The van der Waals surface area contributed by atoms with Gasteiger partial charge in [0.2, 0.25) is 0 Å². The van der Waals surface area contributed by atoms with Crippen molar-refractivity contribution >= 4 is 31.8 Å². The first-order chi connectivity index (χ1) is 7.06. The molecule has 0 bridgehead atoms. The van der Waals surface area contributed by atoms with Crippen LogP contribution in [0.1, 0.15) is 13.3 Å². The van der Waals surface area contributed by atoms with Gasteiger partial charge in [-0.15, -0.1) is 11.2 Å². The van der Waals surface area contributed by atoms with Crippen molar-refractivity contribution in [3.05, 3.63) is 0 Å². The molecule has 0 unspecified atom stereocenters. The second kappa shape index (κ2) is 6.37. The third kappa shape index (κ3) is 7.65. The van der Waals surface area contributed by atoms with Crippen molar-refractivity contribution < 1.29 is 4.79 Å². The second-order valence-electron chi connectivity index (χ2n) is 6.09. The van der Waals surface area contributed by atoms with E-state index in [9.17, 15) is 4.79 Å². The molecule has 0 heterocycles. The minimum Gasteiger partial charge on any atom is -0.324 e. The Morgan fingerprint density at radius 1 is 1.12 bits per heavy atom. The zero-order valence-electron chi connectivity index (χ0n) is 11.9. The number of hydrogen-bond acceptors (Lipinski definition) is 3. The van der Waals surface area contributed by atoms with Gasteiger partial charge in [0.15, 0.2) is 5.12 Å². The lowest BCUT2D eigenvalue weighted by molar-refractivity contribution is -0.111. The fraction of sp³-hybridized carbons (Fsp3) is 0.909. The van der Waals surface area contributed by atoms with E-state index in [1.54, 1.807) is 11.2 Å². The second-order valence-corrected chi connectivity index (χ2v) is 20.2. The van der Waals surface area contributed by atoms with Crippen LogP contribution >= 0.6 is 11.2 Å². The summed E-state index contributed by atoms with van der Waals surface area (Å²) in [5.41, 5.74) is 0. The van der Waals surface area contributed by atoms with Crippen LogP contribution in [0.4, 0.5) is 0 Å². The maximum Gasteiger partial charge on any atom is 0.184 e. The Hall–Kier alpha value is 0.414. The molecule has 0 aliphatic carbocycles. The number of hydrogen-bond donors (Lipinski definition) is 0. The van der Waals surface area contributed by atoms with Crippen LogP contribution in [0.3, 0.4) is 0 Å². The summed E-state index contributed by atoms with van der Waals surface area (Å²) in [6.45, 7) is 17.9. The number of rotatable bonds is 6. The molecule has 96 valence electrons. The van der Waals surface area contributed by atoms with Gasteiger partial charge in [-0.1, -0.05) is 46.2 Å². The smallest absolute Gasteiger partial charge is 0.184 e. The van der Waals surface area contributed by atoms with Gasteiger partial charge >= 0.3 is 0 Å². The Bertz CT molecular complexity index is 233. The number of carbonyl (C=O) groups is 1. The molecule has 0 aliphatic rings. The van der Waals surface area contributed by atoms with Gasteiger partial charge in [-0.3, -0.25) is 4.79 Å². The van der Waals surface area contributed by atoms with Gasteiger partial charge in [-0.25, -0.2) is 0 Å². The predicted molar refractivity (Wildman–Crippen MR) is 81.2 cm³/mol. The lowest BCUT2D eigenvalue weighted by atomic mass is 10.4. The Labute approximate surface area is 107 Å². The third-order valence-electron chi connectivity index (χ3n) is 2.34. The predicted octanol–water partition coefficient (Wildman–Crippen LogP) is 3.63. The largest absolute Gasteiger partial charge is 0.324 e. The maximum atomic E-state index is 11.8. The summed E-state index contributed by atoms with van der Waals surface area (Å²) in [6, 6.07) is 0. The van der Waals surface area contributed by atoms with Crippen molar-refractivity contribution in [2.45, 2.75) is 52.6 Å². The standard InChI is InChI=1S/C11H27NOSSi2/c1-8-12(15(2,3)4)10-9-11(13)14-16(5,6)7/h8-10H2,1-7H3. The van der Waals surface area contributed by atoms with E-state index in [0.29, 0.717) is 11.5 Å². The topological polar surface area (TPSA) is 20.3 Å². The van der Waals surface area contributed by atoms with Gasteiger partial charge in [0.05, 0.1) is 0 Å². The molecular weight excluding hydrogens is 250 g/mol. The summed E-state index contributed by atoms with van der Waals surface area (Å²) in [7, 11) is -2.52. The van der Waals surface area contributed by atoms with Gasteiger partial charge in [-0.05, 0) is 13.1 Å². The van der Waals surface area contributed by atoms with E-state index in [0.717, 1.165) is 13.1 Å². The fourth-order valence-electron chi connectivity index (χ4n) is 1.59. The molecule has 0 saturated heterocycles. The lowest BCUT2D eigenvalue weighted by Gasteiger charge is -2.32. The van der Waals surface area contributed by atoms with Gasteiger partial charge in [-0.2, -0.15) is 0 Å². The summed E-state index contributed by atoms with van der Waals surface area (Å²) in [6.07, 6.45) is 0.715. The van der Waals surface area contributed by atoms with Gasteiger partial charge in [0.1, 0.15) is 15.5 Å². The molecule has 0 fully saturated rings. The molecule has 0 amide bonds. The Balaban J connectivity index is 4.09. The van der Waals surface area contributed by atoms with Gasteiger partial charge < -0.3 is 4.57 Å². The maximum absolute atomic E-state index is 11.8. The molecule has 0 aromatic rings. The monoisotopic (exact) mass is 277 g/mol. The minimum absolute atomic E-state index is 0.385. The summed E-state index contributed by atoms with van der Waals surface area (Å²) < 4.78 is 2.50. The molecule has 16 heavy (non-hydrogen) atoms. The van der Waals surface area contributed by atoms with Crippen molar-refractivity contribution in [1.82, 2.24) is 4.57 Å². The van der Waals surface area contributed by atoms with Crippen LogP contribution in [-0.4, -0.2) is 38.2 Å². The van der Waals surface area contributed by atoms with Gasteiger partial charge in [0, 0.05) is 6.42 Å². The highest BCUT2D eigenvalue weighted by molar-refractivity contribution is 8.39. The molecular formula is C11H27NOSSi2. The highest BCUT2D eigenvalue weighted by atomic mass is 32.4. The summed E-state index contributed by atoms with van der Waals surface area (Å²) in [4.78, 5) is 11.8. The van der Waals surface area contributed by atoms with E-state index in [2.05, 4.69) is 50.8 Å². The van der Waals surface area contributed by atoms with Crippen molar-refractivity contribution in [1.29, 1.82) is 0 Å². The molecule has 2 nitrogen and oxygen atoms in total. The average molecular weight is 278 g/mol. The van der Waals surface area contributed by atoms with Crippen LogP contribution in [0, 0.1) is 0 Å². The Kier molecular flexibility index (Phi) is 6.54. The molecule has 0 spiro atoms.